The highest BCUT2D eigenvalue weighted by Gasteiger charge is 2.32. The van der Waals surface area contributed by atoms with Crippen molar-refractivity contribution >= 4 is 17.6 Å². The van der Waals surface area contributed by atoms with Crippen LogP contribution in [0.15, 0.2) is 30.3 Å². The van der Waals surface area contributed by atoms with Crippen molar-refractivity contribution in [3.8, 4) is 0 Å². The number of hydrogen-bond donors (Lipinski definition) is 1. The summed E-state index contributed by atoms with van der Waals surface area (Å²) < 4.78 is 0. The van der Waals surface area contributed by atoms with Gasteiger partial charge in [-0.05, 0) is 25.0 Å². The Balaban J connectivity index is 1.92. The molecule has 1 heterocycles. The number of nitrogens with zero attached hydrogens (tertiary/aromatic N) is 2. The summed E-state index contributed by atoms with van der Waals surface area (Å²) in [6, 6.07) is 9.48. The zero-order valence-electron chi connectivity index (χ0n) is 14.8. The van der Waals surface area contributed by atoms with Crippen LogP contribution in [0.5, 0.6) is 0 Å². The Morgan fingerprint density at radius 1 is 1.17 bits per heavy atom. The predicted molar refractivity (Wildman–Crippen MR) is 97.1 cm³/mol. The number of amides is 3. The van der Waals surface area contributed by atoms with Crippen LogP contribution in [0.25, 0.3) is 0 Å². The molecule has 0 spiro atoms. The number of para-hydroxylation sites is 1. The van der Waals surface area contributed by atoms with Crippen LogP contribution in [-0.4, -0.2) is 42.5 Å². The Labute approximate surface area is 145 Å². The largest absolute Gasteiger partial charge is 0.333 e. The van der Waals surface area contributed by atoms with E-state index in [1.54, 1.807) is 4.90 Å². The summed E-state index contributed by atoms with van der Waals surface area (Å²) in [6.07, 6.45) is 4.53. The number of carbonyl (C=O) groups is 2. The van der Waals surface area contributed by atoms with Crippen molar-refractivity contribution in [1.82, 2.24) is 10.2 Å². The van der Waals surface area contributed by atoms with E-state index in [1.807, 2.05) is 35.2 Å². The first-order chi connectivity index (χ1) is 11.7. The molecular formula is C19H29N3O2. The van der Waals surface area contributed by atoms with Gasteiger partial charge in [0.25, 0.3) is 0 Å². The third-order valence-corrected chi connectivity index (χ3v) is 4.37. The third kappa shape index (κ3) is 4.98. The number of anilines is 1. The Morgan fingerprint density at radius 3 is 2.38 bits per heavy atom. The number of unbranched alkanes of at least 4 members (excludes halogenated alkanes) is 2. The maximum atomic E-state index is 12.5. The lowest BCUT2D eigenvalue weighted by Crippen LogP contribution is -2.46. The summed E-state index contributed by atoms with van der Waals surface area (Å²) >= 11 is 0. The quantitative estimate of drug-likeness (QED) is 0.794. The van der Waals surface area contributed by atoms with Crippen molar-refractivity contribution in [2.75, 3.05) is 24.5 Å². The molecule has 3 amide bonds. The van der Waals surface area contributed by atoms with Gasteiger partial charge in [-0.2, -0.15) is 0 Å². The fourth-order valence-electron chi connectivity index (χ4n) is 2.94. The molecule has 1 aliphatic heterocycles. The maximum absolute atomic E-state index is 12.5. The molecule has 132 valence electrons. The molecule has 1 N–H and O–H groups in total. The Morgan fingerprint density at radius 2 is 1.79 bits per heavy atom. The molecule has 5 heteroatoms. The smallest absolute Gasteiger partial charge is 0.317 e. The van der Waals surface area contributed by atoms with E-state index in [-0.39, 0.29) is 18.0 Å². The van der Waals surface area contributed by atoms with Crippen LogP contribution in [0.3, 0.4) is 0 Å². The van der Waals surface area contributed by atoms with E-state index >= 15 is 0 Å². The zero-order chi connectivity index (χ0) is 17.4. The van der Waals surface area contributed by atoms with Crippen molar-refractivity contribution < 1.29 is 9.59 Å². The van der Waals surface area contributed by atoms with Gasteiger partial charge in [0.1, 0.15) is 0 Å². The normalized spacial score (nSPS) is 17.2. The van der Waals surface area contributed by atoms with Crippen molar-refractivity contribution in [2.45, 2.75) is 52.0 Å². The fraction of sp³-hybridized carbons (Fsp3) is 0.579. The lowest BCUT2D eigenvalue weighted by molar-refractivity contribution is -0.117. The van der Waals surface area contributed by atoms with E-state index in [1.165, 1.54) is 0 Å². The molecular weight excluding hydrogens is 302 g/mol. The minimum Gasteiger partial charge on any atom is -0.333 e. The van der Waals surface area contributed by atoms with Gasteiger partial charge in [-0.15, -0.1) is 0 Å². The van der Waals surface area contributed by atoms with Crippen LogP contribution in [0.1, 0.15) is 46.0 Å². The van der Waals surface area contributed by atoms with Gasteiger partial charge in [0.05, 0.1) is 6.04 Å². The molecule has 1 aromatic carbocycles. The highest BCUT2D eigenvalue weighted by Crippen LogP contribution is 2.21. The van der Waals surface area contributed by atoms with Crippen LogP contribution in [-0.2, 0) is 4.79 Å². The molecule has 0 unspecified atom stereocenters. The highest BCUT2D eigenvalue weighted by atomic mass is 16.2. The van der Waals surface area contributed by atoms with Crippen LogP contribution in [0, 0.1) is 0 Å². The number of carbonyl (C=O) groups excluding carboxylic acids is 2. The Hall–Kier alpha value is -2.04. The van der Waals surface area contributed by atoms with E-state index in [0.717, 1.165) is 44.5 Å². The molecule has 24 heavy (non-hydrogen) atoms. The summed E-state index contributed by atoms with van der Waals surface area (Å²) in [6.45, 7) is 6.37. The summed E-state index contributed by atoms with van der Waals surface area (Å²) in [5.74, 6) is 0.0696. The standard InChI is InChI=1S/C19H29N3O2/c1-3-5-12-21(13-6-4-2)19(24)20-16-14-18(23)22(15-16)17-10-8-7-9-11-17/h7-11,16H,3-6,12-15H2,1-2H3,(H,20,24)/t16-/m1/s1. The van der Waals surface area contributed by atoms with Crippen molar-refractivity contribution in [2.24, 2.45) is 0 Å². The molecule has 1 fully saturated rings. The molecule has 0 radical (unpaired) electrons. The molecule has 0 aromatic heterocycles. The average molecular weight is 331 g/mol. The number of urea groups is 1. The summed E-state index contributed by atoms with van der Waals surface area (Å²) in [5.41, 5.74) is 0.896. The number of rotatable bonds is 8. The first-order valence-corrected chi connectivity index (χ1v) is 9.06. The molecule has 1 saturated heterocycles. The molecule has 0 aliphatic carbocycles. The first-order valence-electron chi connectivity index (χ1n) is 9.06. The second-order valence-electron chi connectivity index (χ2n) is 6.38. The fourth-order valence-corrected chi connectivity index (χ4v) is 2.94. The van der Waals surface area contributed by atoms with Gasteiger partial charge in [0.15, 0.2) is 0 Å². The third-order valence-electron chi connectivity index (χ3n) is 4.37. The monoisotopic (exact) mass is 331 g/mol. The Kier molecular flexibility index (Phi) is 7.09. The van der Waals surface area contributed by atoms with Gasteiger partial charge in [0, 0.05) is 31.7 Å². The van der Waals surface area contributed by atoms with Gasteiger partial charge < -0.3 is 15.1 Å². The van der Waals surface area contributed by atoms with Crippen LogP contribution in [0.2, 0.25) is 0 Å². The molecule has 0 saturated carbocycles. The maximum Gasteiger partial charge on any atom is 0.317 e. The van der Waals surface area contributed by atoms with E-state index < -0.39 is 0 Å². The van der Waals surface area contributed by atoms with Crippen molar-refractivity contribution in [3.63, 3.8) is 0 Å². The SMILES string of the molecule is CCCCN(CCCC)C(=O)N[C@@H]1CC(=O)N(c2ccccc2)C1. The minimum atomic E-state index is -0.115. The van der Waals surface area contributed by atoms with Gasteiger partial charge in [-0.1, -0.05) is 44.9 Å². The lowest BCUT2D eigenvalue weighted by atomic mass is 10.2. The number of nitrogens with one attached hydrogen (secondary N) is 1. The van der Waals surface area contributed by atoms with E-state index in [2.05, 4.69) is 19.2 Å². The summed E-state index contributed by atoms with van der Waals surface area (Å²) in [7, 11) is 0. The van der Waals surface area contributed by atoms with Gasteiger partial charge in [0.2, 0.25) is 5.91 Å². The molecule has 0 bridgehead atoms. The van der Waals surface area contributed by atoms with E-state index in [0.29, 0.717) is 13.0 Å². The van der Waals surface area contributed by atoms with Gasteiger partial charge in [-0.3, -0.25) is 4.79 Å². The predicted octanol–water partition coefficient (Wildman–Crippen LogP) is 3.40. The van der Waals surface area contributed by atoms with Crippen LogP contribution >= 0.6 is 0 Å². The molecule has 1 atom stereocenters. The summed E-state index contributed by atoms with van der Waals surface area (Å²) in [5, 5.41) is 3.05. The molecule has 1 aromatic rings. The van der Waals surface area contributed by atoms with Gasteiger partial charge >= 0.3 is 6.03 Å². The first kappa shape index (κ1) is 18.3. The molecule has 1 aliphatic rings. The molecule has 2 rings (SSSR count). The van der Waals surface area contributed by atoms with Crippen LogP contribution < -0.4 is 10.2 Å². The van der Waals surface area contributed by atoms with E-state index in [9.17, 15) is 9.59 Å². The average Bonchev–Trinajstić information content (AvgIpc) is 2.96. The van der Waals surface area contributed by atoms with E-state index in [4.69, 9.17) is 0 Å². The van der Waals surface area contributed by atoms with Crippen molar-refractivity contribution in [3.05, 3.63) is 30.3 Å². The second kappa shape index (κ2) is 9.30. The number of benzene rings is 1. The zero-order valence-corrected chi connectivity index (χ0v) is 14.8. The minimum absolute atomic E-state index is 0.0374. The van der Waals surface area contributed by atoms with Gasteiger partial charge in [-0.25, -0.2) is 4.79 Å². The Bertz CT molecular complexity index is 525. The lowest BCUT2D eigenvalue weighted by Gasteiger charge is -2.25. The second-order valence-corrected chi connectivity index (χ2v) is 6.38. The summed E-state index contributed by atoms with van der Waals surface area (Å²) in [4.78, 5) is 28.4. The van der Waals surface area contributed by atoms with Crippen LogP contribution in [0.4, 0.5) is 10.5 Å². The molecule has 5 nitrogen and oxygen atoms in total. The topological polar surface area (TPSA) is 52.7 Å². The number of hydrogen-bond acceptors (Lipinski definition) is 2. The highest BCUT2D eigenvalue weighted by molar-refractivity contribution is 5.96. The van der Waals surface area contributed by atoms with Crippen molar-refractivity contribution in [1.29, 1.82) is 0 Å².